The van der Waals surface area contributed by atoms with Crippen molar-refractivity contribution in [1.29, 1.82) is 0 Å². The molecule has 0 heterocycles. The third kappa shape index (κ3) is 6.39. The Kier molecular flexibility index (Phi) is 8.42. The highest BCUT2D eigenvalue weighted by Gasteiger charge is 2.29. The molecule has 0 amide bonds. The predicted octanol–water partition coefficient (Wildman–Crippen LogP) is 7.25. The third-order valence-electron chi connectivity index (χ3n) is 4.11. The topological polar surface area (TPSA) is 71.1 Å². The second kappa shape index (κ2) is 10.9. The fourth-order valence-corrected chi connectivity index (χ4v) is 3.96. The summed E-state index contributed by atoms with van der Waals surface area (Å²) in [5, 5.41) is 0.364. The summed E-state index contributed by atoms with van der Waals surface area (Å²) >= 11 is 25.1. The van der Waals surface area contributed by atoms with Crippen LogP contribution in [0.3, 0.4) is 0 Å². The minimum absolute atomic E-state index is 0.0145. The zero-order valence-electron chi connectivity index (χ0n) is 18.6. The van der Waals surface area contributed by atoms with Gasteiger partial charge >= 0.3 is 0 Å². The van der Waals surface area contributed by atoms with E-state index in [0.29, 0.717) is 11.5 Å². The van der Waals surface area contributed by atoms with Crippen molar-refractivity contribution in [3.05, 3.63) is 68.0 Å². The van der Waals surface area contributed by atoms with Crippen molar-refractivity contribution in [3.8, 4) is 23.0 Å². The Morgan fingerprint density at radius 2 is 0.941 bits per heavy atom. The Balaban J connectivity index is 1.84. The number of hydrogen-bond acceptors (Lipinski definition) is 6. The van der Waals surface area contributed by atoms with Gasteiger partial charge in [-0.1, -0.05) is 46.4 Å². The molecule has 34 heavy (non-hydrogen) atoms. The number of carbonyl (C=O) groups is 2. The van der Waals surface area contributed by atoms with E-state index in [2.05, 4.69) is 0 Å². The molecule has 0 saturated heterocycles. The van der Waals surface area contributed by atoms with E-state index < -0.39 is 11.6 Å². The predicted molar refractivity (Wildman–Crippen MR) is 132 cm³/mol. The van der Waals surface area contributed by atoms with Crippen LogP contribution >= 0.6 is 46.4 Å². The lowest BCUT2D eigenvalue weighted by molar-refractivity contribution is -0.118. The Morgan fingerprint density at radius 3 is 1.24 bits per heavy atom. The molecule has 0 fully saturated rings. The van der Waals surface area contributed by atoms with Gasteiger partial charge < -0.3 is 18.9 Å². The van der Waals surface area contributed by atoms with E-state index in [0.717, 1.165) is 12.2 Å². The first-order chi connectivity index (χ1) is 15.9. The molecule has 2 aromatic rings. The zero-order chi connectivity index (χ0) is 25.2. The van der Waals surface area contributed by atoms with E-state index in [1.165, 1.54) is 24.3 Å². The molecule has 0 unspecified atom stereocenters. The second-order valence-electron chi connectivity index (χ2n) is 7.72. The monoisotopic (exact) mass is 544 g/mol. The molecule has 1 aliphatic carbocycles. The summed E-state index contributed by atoms with van der Waals surface area (Å²) in [7, 11) is 0. The van der Waals surface area contributed by atoms with Crippen LogP contribution in [0.4, 0.5) is 0 Å². The van der Waals surface area contributed by atoms with Crippen molar-refractivity contribution in [1.82, 2.24) is 0 Å². The molecular formula is C24H20Cl4O6. The first-order valence-corrected chi connectivity index (χ1v) is 11.6. The SMILES string of the molecule is CC(C)Oc1cc(Cl)c(OC2=CC(=O)C=C(Oc3c(Cl)cc(OC(C)C)cc3Cl)C2=O)c(Cl)c1. The lowest BCUT2D eigenvalue weighted by atomic mass is 10.1. The number of allylic oxidation sites excluding steroid dienone is 2. The highest BCUT2D eigenvalue weighted by Crippen LogP contribution is 2.41. The number of halogens is 4. The van der Waals surface area contributed by atoms with Gasteiger partial charge in [0.05, 0.1) is 32.3 Å². The van der Waals surface area contributed by atoms with Crippen LogP contribution in [0, 0.1) is 0 Å². The standard InChI is InChI=1S/C24H20Cl4O6/c1-11(2)31-14-7-16(25)23(17(26)8-14)33-20-5-13(29)6-21(22(20)30)34-24-18(27)9-15(10-19(24)28)32-12(3)4/h5-12H,1-4H3. The van der Waals surface area contributed by atoms with E-state index in [4.69, 9.17) is 65.4 Å². The summed E-state index contributed by atoms with van der Waals surface area (Å²) in [6.07, 6.45) is 1.80. The second-order valence-corrected chi connectivity index (χ2v) is 9.35. The van der Waals surface area contributed by atoms with Crippen molar-refractivity contribution < 1.29 is 28.5 Å². The van der Waals surface area contributed by atoms with Crippen LogP contribution in [-0.2, 0) is 9.59 Å². The molecule has 1 aliphatic rings. The molecule has 180 valence electrons. The minimum Gasteiger partial charge on any atom is -0.491 e. The van der Waals surface area contributed by atoms with Crippen LogP contribution < -0.4 is 18.9 Å². The largest absolute Gasteiger partial charge is 0.491 e. The quantitative estimate of drug-likeness (QED) is 0.325. The van der Waals surface area contributed by atoms with Gasteiger partial charge in [-0.2, -0.15) is 0 Å². The van der Waals surface area contributed by atoms with Gasteiger partial charge in [0.25, 0.3) is 5.78 Å². The molecule has 0 spiro atoms. The molecule has 6 nitrogen and oxygen atoms in total. The average Bonchev–Trinajstić information content (AvgIpc) is 2.69. The van der Waals surface area contributed by atoms with Gasteiger partial charge in [0.2, 0.25) is 0 Å². The number of ketones is 2. The molecule has 0 N–H and O–H groups in total. The number of Topliss-reactive ketones (excluding diaryl/α,β-unsaturated/α-hetero) is 1. The van der Waals surface area contributed by atoms with Crippen molar-refractivity contribution in [2.75, 3.05) is 0 Å². The number of benzene rings is 2. The van der Waals surface area contributed by atoms with Gasteiger partial charge in [-0.25, -0.2) is 0 Å². The van der Waals surface area contributed by atoms with Gasteiger partial charge in [0.1, 0.15) is 11.5 Å². The van der Waals surface area contributed by atoms with E-state index in [9.17, 15) is 9.59 Å². The van der Waals surface area contributed by atoms with Gasteiger partial charge in [-0.05, 0) is 27.7 Å². The summed E-state index contributed by atoms with van der Waals surface area (Å²) in [4.78, 5) is 25.3. The van der Waals surface area contributed by atoms with Crippen LogP contribution in [-0.4, -0.2) is 23.8 Å². The molecule has 0 aromatic heterocycles. The molecule has 10 heteroatoms. The van der Waals surface area contributed by atoms with Crippen LogP contribution in [0.15, 0.2) is 47.9 Å². The minimum atomic E-state index is -0.733. The average molecular weight is 546 g/mol. The summed E-state index contributed by atoms with van der Waals surface area (Å²) in [5.74, 6) is -1.14. The van der Waals surface area contributed by atoms with Gasteiger partial charge in [-0.3, -0.25) is 9.59 Å². The van der Waals surface area contributed by atoms with Crippen molar-refractivity contribution in [2.24, 2.45) is 0 Å². The van der Waals surface area contributed by atoms with Crippen molar-refractivity contribution in [3.63, 3.8) is 0 Å². The highest BCUT2D eigenvalue weighted by molar-refractivity contribution is 6.38. The van der Waals surface area contributed by atoms with Gasteiger partial charge in [-0.15, -0.1) is 0 Å². The Morgan fingerprint density at radius 1 is 0.618 bits per heavy atom. The number of hydrogen-bond donors (Lipinski definition) is 0. The van der Waals surface area contributed by atoms with Crippen LogP contribution in [0.25, 0.3) is 0 Å². The Labute approximate surface area is 216 Å². The van der Waals surface area contributed by atoms with Crippen molar-refractivity contribution >= 4 is 58.0 Å². The van der Waals surface area contributed by atoms with E-state index in [1.807, 2.05) is 27.7 Å². The molecule has 0 aliphatic heterocycles. The maximum Gasteiger partial charge on any atom is 0.263 e. The van der Waals surface area contributed by atoms with Crippen LogP contribution in [0.1, 0.15) is 27.7 Å². The molecule has 3 rings (SSSR count). The number of ether oxygens (including phenoxy) is 4. The van der Waals surface area contributed by atoms with Crippen molar-refractivity contribution in [2.45, 2.75) is 39.9 Å². The normalized spacial score (nSPS) is 13.7. The fourth-order valence-electron chi connectivity index (χ4n) is 2.87. The van der Waals surface area contributed by atoms with E-state index in [1.54, 1.807) is 0 Å². The number of rotatable bonds is 8. The van der Waals surface area contributed by atoms with Gasteiger partial charge in [0, 0.05) is 36.4 Å². The highest BCUT2D eigenvalue weighted by atomic mass is 35.5. The summed E-state index contributed by atoms with van der Waals surface area (Å²) < 4.78 is 22.4. The van der Waals surface area contributed by atoms with Crippen LogP contribution in [0.5, 0.6) is 23.0 Å². The molecule has 0 saturated carbocycles. The molecular weight excluding hydrogens is 526 g/mol. The lowest BCUT2D eigenvalue weighted by Crippen LogP contribution is -2.22. The summed E-state index contributed by atoms with van der Waals surface area (Å²) in [5.41, 5.74) is 0. The zero-order valence-corrected chi connectivity index (χ0v) is 21.6. The Hall–Kier alpha value is -2.38. The smallest absolute Gasteiger partial charge is 0.263 e. The third-order valence-corrected chi connectivity index (χ3v) is 5.23. The van der Waals surface area contributed by atoms with E-state index >= 15 is 0 Å². The first-order valence-electron chi connectivity index (χ1n) is 10.1. The fraction of sp³-hybridized carbons (Fsp3) is 0.250. The summed E-state index contributed by atoms with van der Waals surface area (Å²) in [6, 6.07) is 5.97. The molecule has 0 radical (unpaired) electrons. The number of carbonyl (C=O) groups excluding carboxylic acids is 2. The molecule has 0 atom stereocenters. The van der Waals surface area contributed by atoms with E-state index in [-0.39, 0.29) is 55.3 Å². The van der Waals surface area contributed by atoms with Gasteiger partial charge in [0.15, 0.2) is 28.8 Å². The van der Waals surface area contributed by atoms with Crippen LogP contribution in [0.2, 0.25) is 20.1 Å². The lowest BCUT2D eigenvalue weighted by Gasteiger charge is -2.19. The maximum atomic E-state index is 13.0. The summed E-state index contributed by atoms with van der Waals surface area (Å²) in [6.45, 7) is 7.39. The molecule has 0 bridgehead atoms. The Bertz CT molecular complexity index is 1060. The molecule has 2 aromatic carbocycles. The maximum absolute atomic E-state index is 13.0. The first kappa shape index (κ1) is 26.2.